The molecule has 1 heterocycles. The average molecular weight is 326 g/mol. The van der Waals surface area contributed by atoms with Gasteiger partial charge >= 0.3 is 5.69 Å². The summed E-state index contributed by atoms with van der Waals surface area (Å²) in [4.78, 5) is 24.5. The Hall–Kier alpha value is -0.360. The minimum Gasteiger partial charge on any atom is -0.299 e. The fourth-order valence-corrected chi connectivity index (χ4v) is 1.77. The average Bonchev–Trinajstić information content (AvgIpc) is 2.14. The van der Waals surface area contributed by atoms with Crippen LogP contribution in [0, 0.1) is 0 Å². The summed E-state index contributed by atoms with van der Waals surface area (Å²) in [6.07, 6.45) is 3.43. The molecule has 1 aromatic heterocycles. The molecule has 78 valence electrons. The smallest absolute Gasteiger partial charge is 0.299 e. The maximum absolute atomic E-state index is 11.3. The second-order valence-corrected chi connectivity index (χ2v) is 4.47. The Kier molecular flexibility index (Phi) is 4.60. The van der Waals surface area contributed by atoms with Gasteiger partial charge in [0.1, 0.15) is 0 Å². The number of H-pyrrole nitrogens is 1. The highest BCUT2D eigenvalue weighted by Gasteiger charge is 2.00. The number of aryl methyl sites for hydroxylation is 1. The van der Waals surface area contributed by atoms with Crippen molar-refractivity contribution < 1.29 is 0 Å². The van der Waals surface area contributed by atoms with E-state index in [1.807, 2.05) is 0 Å². The first-order valence-corrected chi connectivity index (χ1v) is 6.12. The molecule has 0 bridgehead atoms. The van der Waals surface area contributed by atoms with E-state index in [-0.39, 0.29) is 11.2 Å². The third-order valence-corrected chi connectivity index (χ3v) is 2.88. The van der Waals surface area contributed by atoms with Gasteiger partial charge in [0.05, 0.1) is 4.47 Å². The van der Waals surface area contributed by atoms with E-state index in [1.54, 1.807) is 0 Å². The zero-order chi connectivity index (χ0) is 10.6. The van der Waals surface area contributed by atoms with Gasteiger partial charge < -0.3 is 0 Å². The number of aromatic amines is 1. The van der Waals surface area contributed by atoms with Crippen LogP contribution in [0.15, 0.2) is 20.3 Å². The first-order valence-electron chi connectivity index (χ1n) is 4.20. The zero-order valence-electron chi connectivity index (χ0n) is 7.43. The van der Waals surface area contributed by atoms with Crippen molar-refractivity contribution in [2.75, 3.05) is 5.33 Å². The van der Waals surface area contributed by atoms with Crippen LogP contribution >= 0.6 is 31.9 Å². The molecule has 0 spiro atoms. The predicted octanol–water partition coefficient (Wildman–Crippen LogP) is 1.47. The molecule has 0 aliphatic rings. The predicted molar refractivity (Wildman–Crippen MR) is 62.1 cm³/mol. The number of unbranched alkanes of at least 4 members (excludes halogenated alkanes) is 1. The van der Waals surface area contributed by atoms with Crippen molar-refractivity contribution in [2.45, 2.75) is 19.4 Å². The van der Waals surface area contributed by atoms with Gasteiger partial charge in [-0.25, -0.2) is 4.79 Å². The third kappa shape index (κ3) is 3.09. The molecular weight excluding hydrogens is 316 g/mol. The summed E-state index contributed by atoms with van der Waals surface area (Å²) < 4.78 is 1.88. The molecule has 0 aliphatic heterocycles. The Morgan fingerprint density at radius 2 is 2.07 bits per heavy atom. The van der Waals surface area contributed by atoms with Crippen molar-refractivity contribution in [2.24, 2.45) is 0 Å². The van der Waals surface area contributed by atoms with E-state index < -0.39 is 0 Å². The van der Waals surface area contributed by atoms with Crippen LogP contribution in [0.1, 0.15) is 12.8 Å². The Bertz CT molecular complexity index is 411. The van der Waals surface area contributed by atoms with Crippen molar-refractivity contribution >= 4 is 31.9 Å². The molecule has 0 radical (unpaired) electrons. The topological polar surface area (TPSA) is 54.9 Å². The van der Waals surface area contributed by atoms with E-state index in [9.17, 15) is 9.59 Å². The van der Waals surface area contributed by atoms with Crippen LogP contribution in [0.4, 0.5) is 0 Å². The molecular formula is C8H10Br2N2O2. The van der Waals surface area contributed by atoms with Crippen LogP contribution in [0.2, 0.25) is 0 Å². The maximum Gasteiger partial charge on any atom is 0.328 e. The molecule has 1 rings (SSSR count). The van der Waals surface area contributed by atoms with E-state index in [0.717, 1.165) is 18.2 Å². The largest absolute Gasteiger partial charge is 0.328 e. The van der Waals surface area contributed by atoms with Gasteiger partial charge in [0.15, 0.2) is 0 Å². The molecule has 1 aromatic rings. The third-order valence-electron chi connectivity index (χ3n) is 1.75. The monoisotopic (exact) mass is 324 g/mol. The maximum atomic E-state index is 11.3. The molecule has 1 N–H and O–H groups in total. The number of hydrogen-bond acceptors (Lipinski definition) is 2. The van der Waals surface area contributed by atoms with E-state index in [1.165, 1.54) is 10.8 Å². The Labute approximate surface area is 97.6 Å². The number of nitrogens with zero attached hydrogens (tertiary/aromatic N) is 1. The van der Waals surface area contributed by atoms with Crippen LogP contribution in [0.5, 0.6) is 0 Å². The zero-order valence-corrected chi connectivity index (χ0v) is 10.6. The molecule has 14 heavy (non-hydrogen) atoms. The fraction of sp³-hybridized carbons (Fsp3) is 0.500. The summed E-state index contributed by atoms with van der Waals surface area (Å²) in [5.41, 5.74) is -0.737. The van der Waals surface area contributed by atoms with Gasteiger partial charge in [0, 0.05) is 18.1 Å². The molecule has 0 fully saturated rings. The van der Waals surface area contributed by atoms with Crippen LogP contribution in [0.3, 0.4) is 0 Å². The second kappa shape index (κ2) is 5.50. The highest BCUT2D eigenvalue weighted by Crippen LogP contribution is 2.00. The van der Waals surface area contributed by atoms with Crippen molar-refractivity contribution in [1.82, 2.24) is 9.55 Å². The fourth-order valence-electron chi connectivity index (χ4n) is 1.03. The van der Waals surface area contributed by atoms with Gasteiger partial charge in [0.25, 0.3) is 5.56 Å². The lowest BCUT2D eigenvalue weighted by Gasteiger charge is -2.03. The van der Waals surface area contributed by atoms with Crippen LogP contribution < -0.4 is 11.2 Å². The van der Waals surface area contributed by atoms with E-state index >= 15 is 0 Å². The van der Waals surface area contributed by atoms with E-state index in [0.29, 0.717) is 11.0 Å². The highest BCUT2D eigenvalue weighted by molar-refractivity contribution is 9.10. The van der Waals surface area contributed by atoms with Gasteiger partial charge in [-0.15, -0.1) is 0 Å². The summed E-state index contributed by atoms with van der Waals surface area (Å²) in [7, 11) is 0. The summed E-state index contributed by atoms with van der Waals surface area (Å²) in [5, 5.41) is 0.923. The molecule has 0 saturated heterocycles. The van der Waals surface area contributed by atoms with Crippen molar-refractivity contribution in [1.29, 1.82) is 0 Å². The normalized spacial score (nSPS) is 10.4. The van der Waals surface area contributed by atoms with Crippen LogP contribution in [0.25, 0.3) is 0 Å². The first kappa shape index (κ1) is 11.7. The number of alkyl halides is 1. The minimum absolute atomic E-state index is 0.354. The van der Waals surface area contributed by atoms with Gasteiger partial charge in [0.2, 0.25) is 0 Å². The molecule has 0 aliphatic carbocycles. The number of hydrogen-bond donors (Lipinski definition) is 1. The highest BCUT2D eigenvalue weighted by atomic mass is 79.9. The number of halogens is 2. The summed E-state index contributed by atoms with van der Waals surface area (Å²) >= 11 is 6.39. The Morgan fingerprint density at radius 1 is 1.36 bits per heavy atom. The number of aromatic nitrogens is 2. The SMILES string of the molecule is O=c1[nH]c(=O)n(CCCCBr)cc1Br. The number of nitrogens with one attached hydrogen (secondary N) is 1. The minimum atomic E-state index is -0.383. The van der Waals surface area contributed by atoms with Crippen molar-refractivity contribution in [3.63, 3.8) is 0 Å². The standard InChI is InChI=1S/C8H10Br2N2O2/c9-3-1-2-4-12-5-6(10)7(13)11-8(12)14/h5H,1-4H2,(H,11,13,14). The van der Waals surface area contributed by atoms with E-state index in [4.69, 9.17) is 0 Å². The molecule has 0 atom stereocenters. The lowest BCUT2D eigenvalue weighted by atomic mass is 10.3. The molecule has 0 saturated carbocycles. The summed E-state index contributed by atoms with van der Waals surface area (Å²) in [5.74, 6) is 0. The first-order chi connectivity index (χ1) is 6.65. The Balaban J connectivity index is 2.82. The lowest BCUT2D eigenvalue weighted by Crippen LogP contribution is -2.29. The molecule has 0 amide bonds. The van der Waals surface area contributed by atoms with Gasteiger partial charge in [-0.05, 0) is 28.8 Å². The second-order valence-electron chi connectivity index (χ2n) is 2.83. The van der Waals surface area contributed by atoms with Crippen LogP contribution in [-0.4, -0.2) is 14.9 Å². The number of rotatable bonds is 4. The summed E-state index contributed by atoms with van der Waals surface area (Å²) in [6.45, 7) is 0.625. The van der Waals surface area contributed by atoms with Gasteiger partial charge in [-0.1, -0.05) is 15.9 Å². The van der Waals surface area contributed by atoms with Crippen molar-refractivity contribution in [3.05, 3.63) is 31.5 Å². The molecule has 6 heteroatoms. The van der Waals surface area contributed by atoms with E-state index in [2.05, 4.69) is 36.8 Å². The lowest BCUT2D eigenvalue weighted by molar-refractivity contribution is 0.598. The quantitative estimate of drug-likeness (QED) is 0.673. The molecule has 0 aromatic carbocycles. The van der Waals surface area contributed by atoms with Gasteiger partial charge in [-0.3, -0.25) is 14.3 Å². The molecule has 4 nitrogen and oxygen atoms in total. The molecule has 0 unspecified atom stereocenters. The van der Waals surface area contributed by atoms with Gasteiger partial charge in [-0.2, -0.15) is 0 Å². The summed E-state index contributed by atoms with van der Waals surface area (Å²) in [6, 6.07) is 0. The Morgan fingerprint density at radius 3 is 2.71 bits per heavy atom. The van der Waals surface area contributed by atoms with Crippen LogP contribution in [-0.2, 0) is 6.54 Å². The van der Waals surface area contributed by atoms with Crippen molar-refractivity contribution in [3.8, 4) is 0 Å².